The molecule has 0 aromatic heterocycles. The molecule has 3 atom stereocenters. The van der Waals surface area contributed by atoms with Gasteiger partial charge in [0, 0.05) is 0 Å². The molecule has 114 valence electrons. The van der Waals surface area contributed by atoms with E-state index in [2.05, 4.69) is 5.48 Å². The fourth-order valence-corrected chi connectivity index (χ4v) is 2.14. The number of β-amino-alcohol motifs (C(OH)–C–C–N with tert-alkyl or cyclic N) is 1. The van der Waals surface area contributed by atoms with Gasteiger partial charge in [0.25, 0.3) is 5.91 Å². The number of aliphatic hydroxyl groups excluding tert-OH is 2. The van der Waals surface area contributed by atoms with Crippen molar-refractivity contribution < 1.29 is 29.7 Å². The number of likely N-dealkylation sites (tertiary alicyclic amines) is 1. The lowest BCUT2D eigenvalue weighted by Gasteiger charge is -2.21. The second-order valence-corrected chi connectivity index (χ2v) is 4.68. The summed E-state index contributed by atoms with van der Waals surface area (Å²) in [5.74, 6) is -0.822. The number of amides is 2. The highest BCUT2D eigenvalue weighted by Gasteiger charge is 2.46. The van der Waals surface area contributed by atoms with Crippen LogP contribution in [0.4, 0.5) is 4.79 Å². The number of carbonyl (C=O) groups excluding carboxylic acids is 1. The average Bonchev–Trinajstić information content (AvgIpc) is 2.76. The Morgan fingerprint density at radius 1 is 1.29 bits per heavy atom. The summed E-state index contributed by atoms with van der Waals surface area (Å²) in [6, 6.07) is 7.65. The fourth-order valence-electron chi connectivity index (χ4n) is 2.14. The second-order valence-electron chi connectivity index (χ2n) is 4.68. The van der Waals surface area contributed by atoms with Gasteiger partial charge in [-0.15, -0.1) is 0 Å². The van der Waals surface area contributed by atoms with E-state index in [0.717, 1.165) is 5.56 Å². The van der Waals surface area contributed by atoms with Crippen LogP contribution in [0, 0.1) is 0 Å². The van der Waals surface area contributed by atoms with Crippen molar-refractivity contribution in [3.05, 3.63) is 35.9 Å². The molecule has 3 unspecified atom stereocenters. The van der Waals surface area contributed by atoms with Gasteiger partial charge in [0.15, 0.2) is 0 Å². The summed E-state index contributed by atoms with van der Waals surface area (Å²) in [4.78, 5) is 28.6. The smallest absolute Gasteiger partial charge is 0.408 e. The topological polar surface area (TPSA) is 119 Å². The van der Waals surface area contributed by atoms with Crippen LogP contribution in [-0.2, 0) is 16.2 Å². The number of carbonyl (C=O) groups is 2. The number of rotatable bonds is 4. The van der Waals surface area contributed by atoms with Crippen LogP contribution in [0.5, 0.6) is 0 Å². The Kier molecular flexibility index (Phi) is 4.73. The van der Waals surface area contributed by atoms with E-state index in [1.54, 1.807) is 12.1 Å². The molecule has 1 aliphatic rings. The van der Waals surface area contributed by atoms with Gasteiger partial charge in [-0.1, -0.05) is 30.3 Å². The number of benzene rings is 1. The van der Waals surface area contributed by atoms with Crippen molar-refractivity contribution in [2.45, 2.75) is 24.9 Å². The summed E-state index contributed by atoms with van der Waals surface area (Å²) in [6.45, 7) is -0.224. The number of carboxylic acid groups (broad SMARTS) is 1. The molecule has 2 rings (SSSR count). The first-order valence-electron chi connectivity index (χ1n) is 6.32. The lowest BCUT2D eigenvalue weighted by Crippen LogP contribution is -2.50. The van der Waals surface area contributed by atoms with Gasteiger partial charge < -0.3 is 15.3 Å². The van der Waals surface area contributed by atoms with Crippen LogP contribution in [0.3, 0.4) is 0 Å². The van der Waals surface area contributed by atoms with Crippen molar-refractivity contribution in [2.24, 2.45) is 0 Å². The van der Waals surface area contributed by atoms with Crippen molar-refractivity contribution in [1.29, 1.82) is 0 Å². The molecule has 0 bridgehead atoms. The lowest BCUT2D eigenvalue weighted by molar-refractivity contribution is -0.142. The van der Waals surface area contributed by atoms with Gasteiger partial charge in [-0.05, 0) is 5.56 Å². The number of hydrogen-bond acceptors (Lipinski definition) is 5. The maximum atomic E-state index is 11.9. The van der Waals surface area contributed by atoms with Crippen LogP contribution < -0.4 is 5.48 Å². The van der Waals surface area contributed by atoms with E-state index in [-0.39, 0.29) is 13.2 Å². The average molecular weight is 296 g/mol. The van der Waals surface area contributed by atoms with Gasteiger partial charge in [0.2, 0.25) is 0 Å². The van der Waals surface area contributed by atoms with Crippen LogP contribution in [0.15, 0.2) is 30.3 Å². The number of nitrogens with one attached hydrogen (secondary N) is 1. The highest BCUT2D eigenvalue weighted by atomic mass is 16.7. The van der Waals surface area contributed by atoms with Crippen molar-refractivity contribution >= 4 is 12.0 Å². The Morgan fingerprint density at radius 2 is 1.95 bits per heavy atom. The van der Waals surface area contributed by atoms with Crippen LogP contribution in [-0.4, -0.2) is 57.0 Å². The fraction of sp³-hybridized carbons (Fsp3) is 0.385. The van der Waals surface area contributed by atoms with Gasteiger partial charge in [0.1, 0.15) is 18.2 Å². The molecule has 0 spiro atoms. The molecule has 8 heteroatoms. The molecule has 1 aromatic carbocycles. The Hall–Kier alpha value is -2.16. The third-order valence-electron chi connectivity index (χ3n) is 3.21. The van der Waals surface area contributed by atoms with Gasteiger partial charge in [-0.25, -0.2) is 10.3 Å². The summed E-state index contributed by atoms with van der Waals surface area (Å²) in [7, 11) is 0. The van der Waals surface area contributed by atoms with E-state index in [1.807, 2.05) is 18.2 Å². The van der Waals surface area contributed by atoms with Gasteiger partial charge >= 0.3 is 6.09 Å². The summed E-state index contributed by atoms with van der Waals surface area (Å²) >= 11 is 0. The second kappa shape index (κ2) is 6.53. The Balaban J connectivity index is 1.91. The zero-order valence-corrected chi connectivity index (χ0v) is 11.0. The molecule has 0 aliphatic carbocycles. The Morgan fingerprint density at radius 3 is 2.57 bits per heavy atom. The predicted octanol–water partition coefficient (Wildman–Crippen LogP) is -0.682. The zero-order valence-electron chi connectivity index (χ0n) is 11.0. The number of aliphatic hydroxyl groups is 2. The first-order chi connectivity index (χ1) is 10.0. The number of hydroxylamine groups is 1. The maximum absolute atomic E-state index is 11.9. The van der Waals surface area contributed by atoms with E-state index in [1.165, 1.54) is 0 Å². The summed E-state index contributed by atoms with van der Waals surface area (Å²) in [5, 5.41) is 28.1. The molecule has 8 nitrogen and oxygen atoms in total. The van der Waals surface area contributed by atoms with Crippen LogP contribution >= 0.6 is 0 Å². The van der Waals surface area contributed by atoms with Gasteiger partial charge in [0.05, 0.1) is 13.2 Å². The molecule has 1 aliphatic heterocycles. The molecule has 4 N–H and O–H groups in total. The molecule has 1 aromatic rings. The minimum absolute atomic E-state index is 0.102. The van der Waals surface area contributed by atoms with Crippen molar-refractivity contribution in [1.82, 2.24) is 10.4 Å². The molecule has 0 saturated carbocycles. The highest BCUT2D eigenvalue weighted by Crippen LogP contribution is 2.19. The third-order valence-corrected chi connectivity index (χ3v) is 3.21. The van der Waals surface area contributed by atoms with E-state index in [9.17, 15) is 19.8 Å². The predicted molar refractivity (Wildman–Crippen MR) is 69.9 cm³/mol. The molecule has 1 fully saturated rings. The maximum Gasteiger partial charge on any atom is 0.408 e. The van der Waals surface area contributed by atoms with Crippen molar-refractivity contribution in [3.8, 4) is 0 Å². The Bertz CT molecular complexity index is 509. The van der Waals surface area contributed by atoms with E-state index in [4.69, 9.17) is 9.94 Å². The Labute approximate surface area is 120 Å². The van der Waals surface area contributed by atoms with E-state index in [0.29, 0.717) is 4.90 Å². The molecule has 21 heavy (non-hydrogen) atoms. The van der Waals surface area contributed by atoms with Gasteiger partial charge in [-0.3, -0.25) is 14.5 Å². The monoisotopic (exact) mass is 296 g/mol. The molecular weight excluding hydrogens is 280 g/mol. The molecule has 2 amide bonds. The van der Waals surface area contributed by atoms with E-state index < -0.39 is 30.3 Å². The lowest BCUT2D eigenvalue weighted by atomic mass is 10.1. The summed E-state index contributed by atoms with van der Waals surface area (Å²) in [5.41, 5.74) is 2.91. The summed E-state index contributed by atoms with van der Waals surface area (Å²) in [6.07, 6.45) is -4.18. The molecular formula is C13H16N2O6. The van der Waals surface area contributed by atoms with Crippen molar-refractivity contribution in [3.63, 3.8) is 0 Å². The van der Waals surface area contributed by atoms with Crippen LogP contribution in [0.1, 0.15) is 5.56 Å². The zero-order chi connectivity index (χ0) is 15.4. The highest BCUT2D eigenvalue weighted by molar-refractivity contribution is 5.86. The molecule has 1 heterocycles. The quantitative estimate of drug-likeness (QED) is 0.546. The molecule has 0 radical (unpaired) electrons. The molecule has 1 saturated heterocycles. The SMILES string of the molecule is O=C(NOCc1ccccc1)C1C(O)C(O)CN1C(=O)O. The van der Waals surface area contributed by atoms with Crippen LogP contribution in [0.25, 0.3) is 0 Å². The normalized spacial score (nSPS) is 24.9. The van der Waals surface area contributed by atoms with E-state index >= 15 is 0 Å². The third kappa shape index (κ3) is 3.48. The summed E-state index contributed by atoms with van der Waals surface area (Å²) < 4.78 is 0. The minimum atomic E-state index is -1.48. The minimum Gasteiger partial charge on any atom is -0.465 e. The first kappa shape index (κ1) is 15.2. The van der Waals surface area contributed by atoms with Crippen LogP contribution in [0.2, 0.25) is 0 Å². The standard InChI is InChI=1S/C13H16N2O6/c16-9-6-15(13(19)20)10(11(9)17)12(18)14-21-7-8-4-2-1-3-5-8/h1-5,9-11,16-17H,6-7H2,(H,14,18)(H,19,20). The van der Waals surface area contributed by atoms with Gasteiger partial charge in [-0.2, -0.15) is 0 Å². The first-order valence-corrected chi connectivity index (χ1v) is 6.32. The largest absolute Gasteiger partial charge is 0.465 e. The van der Waals surface area contributed by atoms with Crippen molar-refractivity contribution in [2.75, 3.05) is 6.54 Å². The number of nitrogens with zero attached hydrogens (tertiary/aromatic N) is 1. The number of hydrogen-bond donors (Lipinski definition) is 4.